The van der Waals surface area contributed by atoms with Crippen LogP contribution in [0.5, 0.6) is 0 Å². The van der Waals surface area contributed by atoms with E-state index in [0.29, 0.717) is 26.0 Å². The highest BCUT2D eigenvalue weighted by Gasteiger charge is 2.57. The van der Waals surface area contributed by atoms with Crippen molar-refractivity contribution in [3.05, 3.63) is 0 Å². The predicted molar refractivity (Wildman–Crippen MR) is 68.8 cm³/mol. The Morgan fingerprint density at radius 1 is 1.35 bits per heavy atom. The van der Waals surface area contributed by atoms with E-state index in [1.54, 1.807) is 0 Å². The second-order valence-corrected chi connectivity index (χ2v) is 5.87. The first kappa shape index (κ1) is 13.5. The Morgan fingerprint density at radius 2 is 2.10 bits per heavy atom. The van der Waals surface area contributed by atoms with Crippen molar-refractivity contribution in [3.63, 3.8) is 0 Å². The number of rotatable bonds is 2. The summed E-state index contributed by atoms with van der Waals surface area (Å²) in [6.45, 7) is 2.33. The molecule has 0 bridgehead atoms. The molecule has 2 heterocycles. The summed E-state index contributed by atoms with van der Waals surface area (Å²) in [4.78, 5) is 39.5. The lowest BCUT2D eigenvalue weighted by molar-refractivity contribution is -0.159. The van der Waals surface area contributed by atoms with Crippen LogP contribution in [0.2, 0.25) is 0 Å². The van der Waals surface area contributed by atoms with E-state index in [1.165, 1.54) is 0 Å². The number of urea groups is 1. The lowest BCUT2D eigenvalue weighted by Gasteiger charge is -2.45. The van der Waals surface area contributed by atoms with Crippen molar-refractivity contribution in [1.82, 2.24) is 15.1 Å². The zero-order chi connectivity index (χ0) is 14.3. The van der Waals surface area contributed by atoms with Crippen molar-refractivity contribution in [2.24, 2.45) is 5.41 Å². The largest absolute Gasteiger partial charge is 0.374 e. The minimum atomic E-state index is -0.992. The molecule has 1 aliphatic carbocycles. The molecule has 110 valence electrons. The Kier molecular flexibility index (Phi) is 3.25. The number of carbonyl (C=O) groups excluding carboxylic acids is 3. The molecule has 4 amide bonds. The van der Waals surface area contributed by atoms with Crippen LogP contribution >= 0.6 is 0 Å². The first-order valence-corrected chi connectivity index (χ1v) is 7.00. The number of nitrogens with one attached hydrogen (secondary N) is 1. The van der Waals surface area contributed by atoms with Gasteiger partial charge in [0.05, 0.1) is 19.3 Å². The smallest absolute Gasteiger partial charge is 0.330 e. The van der Waals surface area contributed by atoms with Crippen molar-refractivity contribution in [2.45, 2.75) is 25.4 Å². The molecule has 1 unspecified atom stereocenters. The molecule has 1 saturated carbocycles. The lowest BCUT2D eigenvalue weighted by Crippen LogP contribution is -2.67. The van der Waals surface area contributed by atoms with Crippen LogP contribution in [-0.4, -0.2) is 67.0 Å². The van der Waals surface area contributed by atoms with Gasteiger partial charge in [0.25, 0.3) is 0 Å². The van der Waals surface area contributed by atoms with Crippen LogP contribution in [0.25, 0.3) is 0 Å². The summed E-state index contributed by atoms with van der Waals surface area (Å²) in [7, 11) is 1.98. The predicted octanol–water partition coefficient (Wildman–Crippen LogP) is -0.434. The van der Waals surface area contributed by atoms with E-state index in [0.717, 1.165) is 17.9 Å². The van der Waals surface area contributed by atoms with Crippen LogP contribution in [0.1, 0.15) is 19.3 Å². The normalized spacial score (nSPS) is 30.4. The number of amides is 4. The van der Waals surface area contributed by atoms with Crippen molar-refractivity contribution in [3.8, 4) is 0 Å². The molecule has 2 aliphatic heterocycles. The van der Waals surface area contributed by atoms with E-state index >= 15 is 0 Å². The maximum Gasteiger partial charge on any atom is 0.330 e. The minimum absolute atomic E-state index is 0.186. The molecular formula is C13H19N3O4. The number of morpholine rings is 1. The third-order valence-corrected chi connectivity index (χ3v) is 4.49. The summed E-state index contributed by atoms with van der Waals surface area (Å²) in [5.74, 6) is -0.786. The summed E-state index contributed by atoms with van der Waals surface area (Å²) in [5, 5.41) is 2.31. The number of hydrogen-bond acceptors (Lipinski definition) is 5. The molecule has 7 nitrogen and oxygen atoms in total. The van der Waals surface area contributed by atoms with Gasteiger partial charge in [-0.2, -0.15) is 0 Å². The molecule has 3 fully saturated rings. The van der Waals surface area contributed by atoms with E-state index in [2.05, 4.69) is 10.2 Å². The van der Waals surface area contributed by atoms with Gasteiger partial charge in [-0.15, -0.1) is 0 Å². The maximum absolute atomic E-state index is 12.5. The van der Waals surface area contributed by atoms with E-state index in [-0.39, 0.29) is 18.6 Å². The van der Waals surface area contributed by atoms with Crippen molar-refractivity contribution >= 4 is 17.8 Å². The van der Waals surface area contributed by atoms with Gasteiger partial charge < -0.3 is 9.64 Å². The molecule has 20 heavy (non-hydrogen) atoms. The SMILES string of the molecule is CN1CCOC(CN2C(=O)NC(=O)C3(CCC3)C2=O)C1. The van der Waals surface area contributed by atoms with Crippen molar-refractivity contribution < 1.29 is 19.1 Å². The average molecular weight is 281 g/mol. The molecule has 3 rings (SSSR count). The molecule has 3 aliphatic rings. The minimum Gasteiger partial charge on any atom is -0.374 e. The molecule has 0 aromatic carbocycles. The van der Waals surface area contributed by atoms with E-state index < -0.39 is 17.4 Å². The van der Waals surface area contributed by atoms with Gasteiger partial charge in [-0.3, -0.25) is 19.8 Å². The van der Waals surface area contributed by atoms with Gasteiger partial charge >= 0.3 is 6.03 Å². The van der Waals surface area contributed by atoms with Gasteiger partial charge in [0.2, 0.25) is 11.8 Å². The molecule has 0 radical (unpaired) electrons. The highest BCUT2D eigenvalue weighted by atomic mass is 16.5. The quantitative estimate of drug-likeness (QED) is 0.695. The van der Waals surface area contributed by atoms with E-state index in [4.69, 9.17) is 4.74 Å². The van der Waals surface area contributed by atoms with E-state index in [9.17, 15) is 14.4 Å². The van der Waals surface area contributed by atoms with Gasteiger partial charge in [0.1, 0.15) is 5.41 Å². The zero-order valence-electron chi connectivity index (χ0n) is 11.6. The third kappa shape index (κ3) is 2.01. The van der Waals surface area contributed by atoms with Crippen LogP contribution in [0.4, 0.5) is 4.79 Å². The van der Waals surface area contributed by atoms with Crippen LogP contribution in [-0.2, 0) is 14.3 Å². The van der Waals surface area contributed by atoms with Gasteiger partial charge in [-0.05, 0) is 19.9 Å². The van der Waals surface area contributed by atoms with Crippen molar-refractivity contribution in [2.75, 3.05) is 33.3 Å². The van der Waals surface area contributed by atoms with Crippen LogP contribution in [0.3, 0.4) is 0 Å². The Labute approximate surface area is 117 Å². The van der Waals surface area contributed by atoms with E-state index in [1.807, 2.05) is 7.05 Å². The molecule has 0 aromatic heterocycles. The molecule has 1 spiro atoms. The summed E-state index contributed by atoms with van der Waals surface area (Å²) >= 11 is 0. The van der Waals surface area contributed by atoms with Crippen molar-refractivity contribution in [1.29, 1.82) is 0 Å². The number of imide groups is 2. The molecule has 7 heteroatoms. The molecule has 2 saturated heterocycles. The van der Waals surface area contributed by atoms with Crippen LogP contribution < -0.4 is 5.32 Å². The second-order valence-electron chi connectivity index (χ2n) is 5.87. The summed E-state index contributed by atoms with van der Waals surface area (Å²) in [6.07, 6.45) is 1.73. The second kappa shape index (κ2) is 4.82. The number of nitrogens with zero attached hydrogens (tertiary/aromatic N) is 2. The van der Waals surface area contributed by atoms with Gasteiger partial charge in [0.15, 0.2) is 0 Å². The third-order valence-electron chi connectivity index (χ3n) is 4.49. The number of carbonyl (C=O) groups is 3. The number of barbiturate groups is 1. The highest BCUT2D eigenvalue weighted by Crippen LogP contribution is 2.44. The standard InChI is InChI=1S/C13H19N3O4/c1-15-5-6-20-9(7-15)8-16-11(18)13(3-2-4-13)10(17)14-12(16)19/h9H,2-8H2,1H3,(H,14,17,19). The topological polar surface area (TPSA) is 79.0 Å². The molecule has 0 aromatic rings. The van der Waals surface area contributed by atoms with Gasteiger partial charge in [0, 0.05) is 13.1 Å². The maximum atomic E-state index is 12.5. The molecular weight excluding hydrogens is 262 g/mol. The summed E-state index contributed by atoms with van der Waals surface area (Å²) in [5.41, 5.74) is -0.992. The number of hydrogen-bond donors (Lipinski definition) is 1. The van der Waals surface area contributed by atoms with Gasteiger partial charge in [-0.25, -0.2) is 4.79 Å². The fourth-order valence-corrected chi connectivity index (χ4v) is 3.05. The molecule has 1 N–H and O–H groups in total. The first-order chi connectivity index (χ1) is 9.53. The highest BCUT2D eigenvalue weighted by molar-refractivity contribution is 6.19. The van der Waals surface area contributed by atoms with Gasteiger partial charge in [-0.1, -0.05) is 6.42 Å². The Bertz CT molecular complexity index is 461. The monoisotopic (exact) mass is 281 g/mol. The number of likely N-dealkylation sites (N-methyl/N-ethyl adjacent to an activating group) is 1. The zero-order valence-corrected chi connectivity index (χ0v) is 11.6. The fraction of sp³-hybridized carbons (Fsp3) is 0.769. The number of ether oxygens (including phenoxy) is 1. The Morgan fingerprint density at radius 3 is 2.70 bits per heavy atom. The summed E-state index contributed by atoms with van der Waals surface area (Å²) < 4.78 is 5.59. The molecule has 1 atom stereocenters. The fourth-order valence-electron chi connectivity index (χ4n) is 3.05. The van der Waals surface area contributed by atoms with Crippen LogP contribution in [0.15, 0.2) is 0 Å². The summed E-state index contributed by atoms with van der Waals surface area (Å²) in [6, 6.07) is -0.616. The Balaban J connectivity index is 1.73. The van der Waals surface area contributed by atoms with Crippen LogP contribution in [0, 0.1) is 5.41 Å². The Hall–Kier alpha value is -1.47. The lowest BCUT2D eigenvalue weighted by atomic mass is 9.66. The first-order valence-electron chi connectivity index (χ1n) is 7.00. The average Bonchev–Trinajstić information content (AvgIpc) is 2.33.